The zero-order valence-corrected chi connectivity index (χ0v) is 13.1. The largest absolute Gasteiger partial charge is 0.492 e. The van der Waals surface area contributed by atoms with Crippen LogP contribution >= 0.6 is 11.6 Å². The monoisotopic (exact) mass is 356 g/mol. The fourth-order valence-corrected chi connectivity index (χ4v) is 2.29. The van der Waals surface area contributed by atoms with Crippen molar-refractivity contribution >= 4 is 11.6 Å². The van der Waals surface area contributed by atoms with Gasteiger partial charge >= 0.3 is 5.69 Å². The number of nitrogen functional groups attached to an aromatic ring is 1. The average Bonchev–Trinajstić information content (AvgIpc) is 2.53. The Labute approximate surface area is 139 Å². The third kappa shape index (κ3) is 2.96. The Kier molecular flexibility index (Phi) is 4.90. The van der Waals surface area contributed by atoms with E-state index in [1.54, 1.807) is 6.92 Å². The highest BCUT2D eigenvalue weighted by atomic mass is 35.5. The number of aromatic nitrogens is 2. The topological polar surface area (TPSA) is 103 Å². The minimum atomic E-state index is -3.10. The molecule has 126 valence electrons. The normalized spacial score (nSPS) is 10.7. The lowest BCUT2D eigenvalue weighted by Crippen LogP contribution is -2.43. The summed E-state index contributed by atoms with van der Waals surface area (Å²) in [5.74, 6) is 5.42. The van der Waals surface area contributed by atoms with Gasteiger partial charge in [-0.25, -0.2) is 22.8 Å². The number of ether oxygens (including phenoxy) is 1. The second kappa shape index (κ2) is 6.72. The van der Waals surface area contributed by atoms with Gasteiger partial charge in [-0.15, -0.1) is 0 Å². The molecule has 2 N–H and O–H groups in total. The number of rotatable bonds is 4. The maximum absolute atomic E-state index is 12.8. The van der Waals surface area contributed by atoms with E-state index < -0.39 is 23.4 Å². The lowest BCUT2D eigenvalue weighted by Gasteiger charge is -2.14. The van der Waals surface area contributed by atoms with Gasteiger partial charge in [0.15, 0.2) is 0 Å². The van der Waals surface area contributed by atoms with Crippen molar-refractivity contribution in [2.75, 3.05) is 12.4 Å². The van der Waals surface area contributed by atoms with Crippen LogP contribution in [0.4, 0.5) is 8.78 Å². The van der Waals surface area contributed by atoms with Crippen LogP contribution in [-0.2, 0) is 0 Å². The fourth-order valence-electron chi connectivity index (χ4n) is 2.04. The molecule has 0 unspecified atom stereocenters. The van der Waals surface area contributed by atoms with Crippen molar-refractivity contribution in [1.29, 1.82) is 5.26 Å². The third-order valence-corrected chi connectivity index (χ3v) is 3.40. The van der Waals surface area contributed by atoms with Crippen LogP contribution in [0.5, 0.6) is 5.75 Å². The Balaban J connectivity index is 2.81. The molecule has 0 aliphatic carbocycles. The molecular formula is C14H11ClF2N4O3. The van der Waals surface area contributed by atoms with E-state index in [-0.39, 0.29) is 33.3 Å². The van der Waals surface area contributed by atoms with E-state index in [0.717, 1.165) is 0 Å². The Bertz CT molecular complexity index is 947. The molecule has 1 aromatic carbocycles. The summed E-state index contributed by atoms with van der Waals surface area (Å²) in [6.07, 6.45) is -3.10. The molecule has 0 amide bonds. The van der Waals surface area contributed by atoms with Gasteiger partial charge in [0, 0.05) is 12.1 Å². The third-order valence-electron chi connectivity index (χ3n) is 3.10. The summed E-state index contributed by atoms with van der Waals surface area (Å²) in [6.45, 7) is 1.89. The minimum Gasteiger partial charge on any atom is -0.492 e. The first kappa shape index (κ1) is 17.5. The number of halogens is 3. The molecule has 24 heavy (non-hydrogen) atoms. The molecule has 10 heteroatoms. The summed E-state index contributed by atoms with van der Waals surface area (Å²) in [5.41, 5.74) is -3.20. The Morgan fingerprint density at radius 2 is 2.04 bits per heavy atom. The summed E-state index contributed by atoms with van der Waals surface area (Å²) < 4.78 is 31.5. The van der Waals surface area contributed by atoms with Crippen molar-refractivity contribution in [2.24, 2.45) is 0 Å². The lowest BCUT2D eigenvalue weighted by molar-refractivity contribution is 0.141. The van der Waals surface area contributed by atoms with Crippen molar-refractivity contribution in [2.45, 2.75) is 13.3 Å². The molecule has 1 heterocycles. The summed E-state index contributed by atoms with van der Waals surface area (Å²) in [7, 11) is 0. The number of hydrogen-bond acceptors (Lipinski definition) is 5. The smallest absolute Gasteiger partial charge is 0.354 e. The SMILES string of the molecule is CCOc1cc(-n2c(=O)cc(C(F)F)n(N)c2=O)c(Cl)cc1C#N. The van der Waals surface area contributed by atoms with Gasteiger partial charge in [-0.1, -0.05) is 11.6 Å². The van der Waals surface area contributed by atoms with Gasteiger partial charge in [0.2, 0.25) is 0 Å². The van der Waals surface area contributed by atoms with Crippen molar-refractivity contribution < 1.29 is 13.5 Å². The van der Waals surface area contributed by atoms with Gasteiger partial charge in [0.05, 0.1) is 22.9 Å². The Hall–Kier alpha value is -2.86. The molecule has 0 atom stereocenters. The molecule has 0 saturated heterocycles. The van der Waals surface area contributed by atoms with E-state index in [1.165, 1.54) is 12.1 Å². The average molecular weight is 357 g/mol. The minimum absolute atomic E-state index is 0.0900. The first-order chi connectivity index (χ1) is 11.3. The number of hydrogen-bond donors (Lipinski definition) is 1. The summed E-state index contributed by atoms with van der Waals surface area (Å²) in [6, 6.07) is 4.81. The van der Waals surface area contributed by atoms with Gasteiger partial charge in [-0.3, -0.25) is 4.79 Å². The van der Waals surface area contributed by atoms with Crippen molar-refractivity contribution in [3.63, 3.8) is 0 Å². The standard InChI is InChI=1S/C14H11ClF2N4O3/c1-2-24-11-4-9(8(15)3-7(11)6-18)20-12(22)5-10(13(16)17)21(19)14(20)23/h3-5,13H,2,19H2,1H3. The maximum Gasteiger partial charge on any atom is 0.354 e. The van der Waals surface area contributed by atoms with E-state index >= 15 is 0 Å². The molecule has 7 nitrogen and oxygen atoms in total. The lowest BCUT2D eigenvalue weighted by atomic mass is 10.2. The van der Waals surface area contributed by atoms with E-state index in [1.807, 2.05) is 6.07 Å². The molecule has 0 spiro atoms. The van der Waals surface area contributed by atoms with Gasteiger partial charge in [0.25, 0.3) is 12.0 Å². The van der Waals surface area contributed by atoms with Gasteiger partial charge in [0.1, 0.15) is 17.5 Å². The second-order valence-electron chi connectivity index (χ2n) is 4.54. The molecule has 0 bridgehead atoms. The van der Waals surface area contributed by atoms with E-state index in [9.17, 15) is 18.4 Å². The van der Waals surface area contributed by atoms with E-state index in [2.05, 4.69) is 0 Å². The number of nitriles is 1. The molecule has 0 aliphatic heterocycles. The van der Waals surface area contributed by atoms with Crippen molar-refractivity contribution in [3.8, 4) is 17.5 Å². The summed E-state index contributed by atoms with van der Waals surface area (Å²) >= 11 is 6.01. The number of nitrogens with two attached hydrogens (primary N) is 1. The maximum atomic E-state index is 12.8. The summed E-state index contributed by atoms with van der Waals surface area (Å²) in [5, 5.41) is 8.94. The van der Waals surface area contributed by atoms with Gasteiger partial charge in [-0.2, -0.15) is 5.26 Å². The second-order valence-corrected chi connectivity index (χ2v) is 4.95. The zero-order chi connectivity index (χ0) is 18.0. The molecule has 2 rings (SSSR count). The molecule has 0 fully saturated rings. The van der Waals surface area contributed by atoms with E-state index in [4.69, 9.17) is 27.4 Å². The molecule has 0 radical (unpaired) electrons. The molecule has 1 aromatic heterocycles. The van der Waals surface area contributed by atoms with E-state index in [0.29, 0.717) is 10.6 Å². The highest BCUT2D eigenvalue weighted by molar-refractivity contribution is 6.32. The Morgan fingerprint density at radius 3 is 2.58 bits per heavy atom. The Morgan fingerprint density at radius 1 is 1.38 bits per heavy atom. The quantitative estimate of drug-likeness (QED) is 0.838. The van der Waals surface area contributed by atoms with Crippen molar-refractivity contribution in [3.05, 3.63) is 55.3 Å². The van der Waals surface area contributed by atoms with Gasteiger partial charge in [-0.05, 0) is 13.0 Å². The predicted molar refractivity (Wildman–Crippen MR) is 82.3 cm³/mol. The summed E-state index contributed by atoms with van der Waals surface area (Å²) in [4.78, 5) is 24.3. The molecule has 2 aromatic rings. The first-order valence-corrected chi connectivity index (χ1v) is 6.98. The predicted octanol–water partition coefficient (Wildman–Crippen LogP) is 1.57. The zero-order valence-electron chi connectivity index (χ0n) is 12.3. The number of benzene rings is 1. The number of alkyl halides is 2. The van der Waals surface area contributed by atoms with Crippen LogP contribution in [0.15, 0.2) is 27.8 Å². The fraction of sp³-hybridized carbons (Fsp3) is 0.214. The van der Waals surface area contributed by atoms with Gasteiger partial charge < -0.3 is 10.6 Å². The first-order valence-electron chi connectivity index (χ1n) is 6.60. The molecule has 0 saturated carbocycles. The molecular weight excluding hydrogens is 346 g/mol. The highest BCUT2D eigenvalue weighted by Crippen LogP contribution is 2.28. The van der Waals surface area contributed by atoms with Crippen molar-refractivity contribution in [1.82, 2.24) is 9.24 Å². The van der Waals surface area contributed by atoms with Crippen LogP contribution in [-0.4, -0.2) is 15.9 Å². The molecule has 0 aliphatic rings. The van der Waals surface area contributed by atoms with Crippen LogP contribution in [0.25, 0.3) is 5.69 Å². The van der Waals surface area contributed by atoms with Crippen LogP contribution in [0, 0.1) is 11.3 Å². The van der Waals surface area contributed by atoms with Crippen LogP contribution in [0.3, 0.4) is 0 Å². The van der Waals surface area contributed by atoms with Crippen LogP contribution in [0.1, 0.15) is 24.6 Å². The van der Waals surface area contributed by atoms with Crippen LogP contribution < -0.4 is 21.8 Å². The number of nitrogens with zero attached hydrogens (tertiary/aromatic N) is 3. The highest BCUT2D eigenvalue weighted by Gasteiger charge is 2.20. The van der Waals surface area contributed by atoms with Crippen LogP contribution in [0.2, 0.25) is 5.02 Å².